The summed E-state index contributed by atoms with van der Waals surface area (Å²) in [6, 6.07) is -0.0686. The lowest BCUT2D eigenvalue weighted by atomic mass is 10.2. The number of hydrogen-bond donors (Lipinski definition) is 4. The summed E-state index contributed by atoms with van der Waals surface area (Å²) in [5.74, 6) is 0. The zero-order chi connectivity index (χ0) is 14.4. The molecule has 19 heavy (non-hydrogen) atoms. The molecule has 0 aliphatic heterocycles. The normalized spacial score (nSPS) is 15.8. The van der Waals surface area contributed by atoms with Gasteiger partial charge in [-0.25, -0.2) is 14.3 Å². The molecule has 1 heterocycles. The molecule has 8 nitrogen and oxygen atoms in total. The van der Waals surface area contributed by atoms with Crippen LogP contribution in [0.4, 0.5) is 4.79 Å². The van der Waals surface area contributed by atoms with E-state index in [9.17, 15) is 9.90 Å². The lowest BCUT2D eigenvalue weighted by Gasteiger charge is -2.15. The molecule has 0 amide bonds. The Labute approximate surface area is 110 Å². The predicted molar refractivity (Wildman–Crippen MR) is 65.4 cm³/mol. The molecule has 0 radical (unpaired) electrons. The average Bonchev–Trinajstić information content (AvgIpc) is 2.82. The third kappa shape index (κ3) is 4.95. The second-order valence-electron chi connectivity index (χ2n) is 4.35. The van der Waals surface area contributed by atoms with Crippen LogP contribution in [0.3, 0.4) is 0 Å². The number of nitrogens with zero attached hydrogens (tertiary/aromatic N) is 2. The van der Waals surface area contributed by atoms with Crippen LogP contribution in [0.5, 0.6) is 0 Å². The number of nitrogens with two attached hydrogens (primary N) is 1. The molecule has 108 valence electrons. The van der Waals surface area contributed by atoms with E-state index in [1.807, 2.05) is 6.92 Å². The summed E-state index contributed by atoms with van der Waals surface area (Å²) in [7, 11) is 0. The number of aliphatic hydroxyl groups is 3. The van der Waals surface area contributed by atoms with Gasteiger partial charge in [0.05, 0.1) is 12.3 Å². The van der Waals surface area contributed by atoms with E-state index in [4.69, 9.17) is 20.7 Å². The first-order valence-corrected chi connectivity index (χ1v) is 5.86. The summed E-state index contributed by atoms with van der Waals surface area (Å²) in [6.45, 7) is 0.799. The summed E-state index contributed by atoms with van der Waals surface area (Å²) in [5.41, 5.74) is 6.26. The molecule has 1 rings (SSSR count). The van der Waals surface area contributed by atoms with Gasteiger partial charge in [0.15, 0.2) is 0 Å². The van der Waals surface area contributed by atoms with Crippen molar-refractivity contribution in [2.45, 2.75) is 31.6 Å². The molecular formula is C11H19N3O5. The summed E-state index contributed by atoms with van der Waals surface area (Å²) in [6.07, 6.45) is -0.0976. The van der Waals surface area contributed by atoms with Gasteiger partial charge in [-0.15, -0.1) is 0 Å². The highest BCUT2D eigenvalue weighted by Gasteiger charge is 2.18. The second kappa shape index (κ2) is 7.19. The fraction of sp³-hybridized carbons (Fsp3) is 0.636. The van der Waals surface area contributed by atoms with Crippen molar-refractivity contribution in [3.63, 3.8) is 0 Å². The van der Waals surface area contributed by atoms with Crippen LogP contribution in [0.2, 0.25) is 0 Å². The standard InChI is InChI=1S/C11H19N3O5/c1-7(12)2-8-3-14(6-13-8)11(18)19-5-10(17)9(16)4-15/h3,6-7,9-10,15-17H,2,4-5,12H2,1H3/t7-,9-,10+/m1/s1. The van der Waals surface area contributed by atoms with Crippen LogP contribution in [0.25, 0.3) is 0 Å². The molecule has 8 heteroatoms. The van der Waals surface area contributed by atoms with Crippen LogP contribution in [0.15, 0.2) is 12.5 Å². The molecular weight excluding hydrogens is 254 g/mol. The van der Waals surface area contributed by atoms with Crippen LogP contribution < -0.4 is 5.73 Å². The molecule has 1 aromatic heterocycles. The summed E-state index contributed by atoms with van der Waals surface area (Å²) >= 11 is 0. The maximum Gasteiger partial charge on any atom is 0.419 e. The number of ether oxygens (including phenoxy) is 1. The number of carbonyl (C=O) groups is 1. The number of carbonyl (C=O) groups excluding carboxylic acids is 1. The Morgan fingerprint density at radius 2 is 2.21 bits per heavy atom. The zero-order valence-electron chi connectivity index (χ0n) is 10.6. The van der Waals surface area contributed by atoms with E-state index in [0.29, 0.717) is 12.1 Å². The average molecular weight is 273 g/mol. The molecule has 0 saturated heterocycles. The van der Waals surface area contributed by atoms with Gasteiger partial charge < -0.3 is 25.8 Å². The fourth-order valence-corrected chi connectivity index (χ4v) is 1.36. The third-order valence-electron chi connectivity index (χ3n) is 2.39. The minimum atomic E-state index is -1.34. The quantitative estimate of drug-likeness (QED) is 0.494. The van der Waals surface area contributed by atoms with Crippen LogP contribution in [-0.2, 0) is 11.2 Å². The molecule has 3 atom stereocenters. The van der Waals surface area contributed by atoms with E-state index in [-0.39, 0.29) is 6.04 Å². The van der Waals surface area contributed by atoms with E-state index in [0.717, 1.165) is 4.57 Å². The lowest BCUT2D eigenvalue weighted by Crippen LogP contribution is -2.34. The van der Waals surface area contributed by atoms with Crippen molar-refractivity contribution >= 4 is 6.09 Å². The van der Waals surface area contributed by atoms with Crippen LogP contribution in [-0.4, -0.2) is 62.4 Å². The Hall–Kier alpha value is -1.48. The van der Waals surface area contributed by atoms with Gasteiger partial charge in [0.2, 0.25) is 0 Å². The highest BCUT2D eigenvalue weighted by Crippen LogP contribution is 2.02. The monoisotopic (exact) mass is 273 g/mol. The Morgan fingerprint density at radius 1 is 1.53 bits per heavy atom. The molecule has 1 aromatic rings. The van der Waals surface area contributed by atoms with Crippen molar-refractivity contribution in [3.8, 4) is 0 Å². The molecule has 0 unspecified atom stereocenters. The van der Waals surface area contributed by atoms with Crippen molar-refractivity contribution in [1.29, 1.82) is 0 Å². The summed E-state index contributed by atoms with van der Waals surface area (Å²) in [5, 5.41) is 27.0. The van der Waals surface area contributed by atoms with Gasteiger partial charge in [-0.3, -0.25) is 0 Å². The van der Waals surface area contributed by atoms with Crippen molar-refractivity contribution < 1.29 is 24.9 Å². The van der Waals surface area contributed by atoms with E-state index in [2.05, 4.69) is 4.98 Å². The van der Waals surface area contributed by atoms with Crippen LogP contribution in [0, 0.1) is 0 Å². The molecule has 0 saturated carbocycles. The van der Waals surface area contributed by atoms with E-state index in [1.54, 1.807) is 0 Å². The predicted octanol–water partition coefficient (Wildman–Crippen LogP) is -1.53. The fourth-order valence-electron chi connectivity index (χ4n) is 1.36. The van der Waals surface area contributed by atoms with Crippen molar-refractivity contribution in [1.82, 2.24) is 9.55 Å². The van der Waals surface area contributed by atoms with E-state index < -0.39 is 31.5 Å². The minimum absolute atomic E-state index is 0.0686. The van der Waals surface area contributed by atoms with Crippen molar-refractivity contribution in [2.75, 3.05) is 13.2 Å². The Bertz CT molecular complexity index is 407. The van der Waals surface area contributed by atoms with Gasteiger partial charge in [-0.1, -0.05) is 0 Å². The Kier molecular flexibility index (Phi) is 5.90. The number of imidazole rings is 1. The van der Waals surface area contributed by atoms with Gasteiger partial charge in [-0.05, 0) is 6.92 Å². The molecule has 0 aliphatic carbocycles. The zero-order valence-corrected chi connectivity index (χ0v) is 10.6. The first-order chi connectivity index (χ1) is 8.93. The highest BCUT2D eigenvalue weighted by atomic mass is 16.6. The van der Waals surface area contributed by atoms with Gasteiger partial charge in [0.1, 0.15) is 25.1 Å². The lowest BCUT2D eigenvalue weighted by molar-refractivity contribution is -0.0419. The van der Waals surface area contributed by atoms with Gasteiger partial charge in [0.25, 0.3) is 0 Å². The molecule has 5 N–H and O–H groups in total. The van der Waals surface area contributed by atoms with Crippen LogP contribution in [0.1, 0.15) is 12.6 Å². The second-order valence-corrected chi connectivity index (χ2v) is 4.35. The SMILES string of the molecule is C[C@@H](N)Cc1cn(C(=O)OC[C@H](O)[C@H](O)CO)cn1. The number of rotatable bonds is 6. The number of hydrogen-bond acceptors (Lipinski definition) is 7. The van der Waals surface area contributed by atoms with Crippen molar-refractivity contribution in [2.24, 2.45) is 5.73 Å². The first-order valence-electron chi connectivity index (χ1n) is 5.86. The number of aliphatic hydroxyl groups excluding tert-OH is 3. The van der Waals surface area contributed by atoms with Gasteiger partial charge in [0, 0.05) is 18.7 Å². The maximum atomic E-state index is 11.6. The smallest absolute Gasteiger partial charge is 0.419 e. The molecule has 0 fully saturated rings. The minimum Gasteiger partial charge on any atom is -0.446 e. The largest absolute Gasteiger partial charge is 0.446 e. The van der Waals surface area contributed by atoms with Crippen LogP contribution >= 0.6 is 0 Å². The summed E-state index contributed by atoms with van der Waals surface area (Å²) < 4.78 is 5.88. The third-order valence-corrected chi connectivity index (χ3v) is 2.39. The number of aromatic nitrogens is 2. The highest BCUT2D eigenvalue weighted by molar-refractivity contribution is 5.70. The maximum absolute atomic E-state index is 11.6. The first kappa shape index (κ1) is 15.6. The molecule has 0 bridgehead atoms. The van der Waals surface area contributed by atoms with Gasteiger partial charge >= 0.3 is 6.09 Å². The summed E-state index contributed by atoms with van der Waals surface area (Å²) in [4.78, 5) is 15.6. The Morgan fingerprint density at radius 3 is 2.79 bits per heavy atom. The van der Waals surface area contributed by atoms with E-state index >= 15 is 0 Å². The molecule has 0 aliphatic rings. The Balaban J connectivity index is 2.47. The molecule has 0 aromatic carbocycles. The van der Waals surface area contributed by atoms with Crippen molar-refractivity contribution in [3.05, 3.63) is 18.2 Å². The topological polar surface area (TPSA) is 131 Å². The van der Waals surface area contributed by atoms with Gasteiger partial charge in [-0.2, -0.15) is 0 Å². The van der Waals surface area contributed by atoms with E-state index in [1.165, 1.54) is 12.5 Å². The molecule has 0 spiro atoms.